The molecule has 0 unspecified atom stereocenters. The normalized spacial score (nSPS) is 10.6. The first-order chi connectivity index (χ1) is 10.5. The third-order valence-corrected chi connectivity index (χ3v) is 3.69. The smallest absolute Gasteiger partial charge is 0.223 e. The van der Waals surface area contributed by atoms with Crippen molar-refractivity contribution in [2.75, 3.05) is 24.3 Å². The van der Waals surface area contributed by atoms with Crippen molar-refractivity contribution in [1.82, 2.24) is 15.0 Å². The molecule has 2 aromatic rings. The van der Waals surface area contributed by atoms with Crippen LogP contribution in [0.1, 0.15) is 23.7 Å². The largest absolute Gasteiger partial charge is 0.496 e. The van der Waals surface area contributed by atoms with E-state index in [-0.39, 0.29) is 5.95 Å². The van der Waals surface area contributed by atoms with Crippen LogP contribution in [0.3, 0.4) is 0 Å². The predicted octanol–water partition coefficient (Wildman–Crippen LogP) is 2.76. The maximum atomic E-state index is 5.96. The molecule has 0 saturated heterocycles. The van der Waals surface area contributed by atoms with Gasteiger partial charge < -0.3 is 15.4 Å². The van der Waals surface area contributed by atoms with Crippen molar-refractivity contribution in [3.05, 3.63) is 34.2 Å². The fourth-order valence-corrected chi connectivity index (χ4v) is 2.54. The second kappa shape index (κ2) is 6.79. The van der Waals surface area contributed by atoms with Gasteiger partial charge in [-0.25, -0.2) is 4.98 Å². The zero-order valence-corrected chi connectivity index (χ0v) is 14.0. The third kappa shape index (κ3) is 3.39. The molecule has 0 atom stereocenters. The van der Waals surface area contributed by atoms with Crippen molar-refractivity contribution in [3.63, 3.8) is 0 Å². The van der Waals surface area contributed by atoms with Crippen molar-refractivity contribution in [2.45, 2.75) is 27.3 Å². The van der Waals surface area contributed by atoms with E-state index in [1.165, 1.54) is 0 Å². The molecule has 0 aromatic carbocycles. The van der Waals surface area contributed by atoms with E-state index in [0.29, 0.717) is 17.5 Å². The van der Waals surface area contributed by atoms with E-state index in [4.69, 9.17) is 22.1 Å². The Morgan fingerprint density at radius 2 is 2.05 bits per heavy atom. The van der Waals surface area contributed by atoms with E-state index in [9.17, 15) is 0 Å². The molecule has 0 aliphatic carbocycles. The molecule has 2 rings (SSSR count). The lowest BCUT2D eigenvalue weighted by atomic mass is 10.1. The molecule has 2 aromatic heterocycles. The van der Waals surface area contributed by atoms with Crippen LogP contribution in [0.2, 0.25) is 5.15 Å². The summed E-state index contributed by atoms with van der Waals surface area (Å²) in [6.45, 7) is 7.34. The minimum absolute atomic E-state index is 0.159. The average Bonchev–Trinajstić information content (AvgIpc) is 2.46. The number of nitrogens with zero attached hydrogens (tertiary/aromatic N) is 4. The van der Waals surface area contributed by atoms with Crippen molar-refractivity contribution in [3.8, 4) is 5.75 Å². The summed E-state index contributed by atoms with van der Waals surface area (Å²) >= 11 is 5.96. The van der Waals surface area contributed by atoms with E-state index in [1.807, 2.05) is 31.9 Å². The van der Waals surface area contributed by atoms with E-state index < -0.39 is 0 Å². The molecule has 0 fully saturated rings. The van der Waals surface area contributed by atoms with Gasteiger partial charge in [-0.3, -0.25) is 4.98 Å². The number of hydrogen-bond donors (Lipinski definition) is 1. The van der Waals surface area contributed by atoms with Gasteiger partial charge in [-0.05, 0) is 20.8 Å². The van der Waals surface area contributed by atoms with Gasteiger partial charge in [0.15, 0.2) is 0 Å². The first-order valence-electron chi connectivity index (χ1n) is 7.00. The Morgan fingerprint density at radius 3 is 2.64 bits per heavy atom. The molecule has 0 spiro atoms. The Balaban J connectivity index is 2.35. The molecule has 0 aliphatic rings. The Labute approximate surface area is 135 Å². The monoisotopic (exact) mass is 321 g/mol. The van der Waals surface area contributed by atoms with Crippen LogP contribution in [0.5, 0.6) is 5.75 Å². The van der Waals surface area contributed by atoms with Crippen molar-refractivity contribution < 1.29 is 4.74 Å². The van der Waals surface area contributed by atoms with Crippen LogP contribution in [0.4, 0.5) is 11.8 Å². The molecule has 6 nitrogen and oxygen atoms in total. The van der Waals surface area contributed by atoms with Crippen LogP contribution in [-0.2, 0) is 6.54 Å². The summed E-state index contributed by atoms with van der Waals surface area (Å²) < 4.78 is 5.45. The van der Waals surface area contributed by atoms with E-state index in [1.54, 1.807) is 13.2 Å². The summed E-state index contributed by atoms with van der Waals surface area (Å²) in [5.74, 6) is 1.70. The van der Waals surface area contributed by atoms with E-state index in [0.717, 1.165) is 29.1 Å². The van der Waals surface area contributed by atoms with Crippen molar-refractivity contribution in [1.29, 1.82) is 0 Å². The molecule has 22 heavy (non-hydrogen) atoms. The van der Waals surface area contributed by atoms with Crippen molar-refractivity contribution >= 4 is 23.4 Å². The van der Waals surface area contributed by atoms with Crippen molar-refractivity contribution in [2.24, 2.45) is 0 Å². The van der Waals surface area contributed by atoms with Gasteiger partial charge in [-0.1, -0.05) is 11.6 Å². The quantitative estimate of drug-likeness (QED) is 0.853. The molecule has 2 N–H and O–H groups in total. The third-order valence-electron chi connectivity index (χ3n) is 3.49. The molecule has 0 amide bonds. The zero-order valence-electron chi connectivity index (χ0n) is 13.2. The molecule has 7 heteroatoms. The number of methoxy groups -OCH3 is 1. The molecular formula is C15H20ClN5O. The number of ether oxygens (including phenoxy) is 1. The van der Waals surface area contributed by atoms with Crippen LogP contribution in [0.25, 0.3) is 0 Å². The Hall–Kier alpha value is -2.08. The summed E-state index contributed by atoms with van der Waals surface area (Å²) in [4.78, 5) is 14.7. The van der Waals surface area contributed by atoms with E-state index in [2.05, 4.69) is 15.0 Å². The van der Waals surface area contributed by atoms with Crippen LogP contribution in [0.15, 0.2) is 12.3 Å². The topological polar surface area (TPSA) is 77.2 Å². The van der Waals surface area contributed by atoms with Crippen LogP contribution in [0, 0.1) is 13.8 Å². The standard InChI is InChI=1S/C15H20ClN5O/c1-5-21(13-6-12(16)19-15(17)20-13)8-11-10(3)14(22-4)9(2)7-18-11/h6-7H,5,8H2,1-4H3,(H2,17,19,20). The predicted molar refractivity (Wildman–Crippen MR) is 88.4 cm³/mol. The molecule has 0 radical (unpaired) electrons. The fraction of sp³-hybridized carbons (Fsp3) is 0.400. The summed E-state index contributed by atoms with van der Waals surface area (Å²) in [6, 6.07) is 1.70. The van der Waals surface area contributed by atoms with Gasteiger partial charge in [0.2, 0.25) is 5.95 Å². The lowest BCUT2D eigenvalue weighted by molar-refractivity contribution is 0.406. The lowest BCUT2D eigenvalue weighted by Gasteiger charge is -2.23. The molecule has 118 valence electrons. The van der Waals surface area contributed by atoms with E-state index >= 15 is 0 Å². The van der Waals surface area contributed by atoms with Gasteiger partial charge in [-0.15, -0.1) is 0 Å². The minimum atomic E-state index is 0.159. The van der Waals surface area contributed by atoms with Gasteiger partial charge in [0.05, 0.1) is 19.3 Å². The average molecular weight is 322 g/mol. The van der Waals surface area contributed by atoms with Gasteiger partial charge >= 0.3 is 0 Å². The first-order valence-corrected chi connectivity index (χ1v) is 7.38. The first kappa shape index (κ1) is 16.3. The van der Waals surface area contributed by atoms with Gasteiger partial charge in [-0.2, -0.15) is 4.98 Å². The molecule has 0 aliphatic heterocycles. The number of anilines is 2. The maximum absolute atomic E-state index is 5.96. The summed E-state index contributed by atoms with van der Waals surface area (Å²) in [5.41, 5.74) is 8.64. The highest BCUT2D eigenvalue weighted by Crippen LogP contribution is 2.26. The molecule has 0 bridgehead atoms. The fourth-order valence-electron chi connectivity index (χ4n) is 2.35. The highest BCUT2D eigenvalue weighted by atomic mass is 35.5. The van der Waals surface area contributed by atoms with Gasteiger partial charge in [0.1, 0.15) is 16.7 Å². The van der Waals surface area contributed by atoms with Gasteiger partial charge in [0, 0.05) is 29.9 Å². The second-order valence-corrected chi connectivity index (χ2v) is 5.35. The maximum Gasteiger partial charge on any atom is 0.223 e. The number of rotatable bonds is 5. The Kier molecular flexibility index (Phi) is 5.03. The van der Waals surface area contributed by atoms with Crippen LogP contribution in [-0.4, -0.2) is 28.6 Å². The molecule has 0 saturated carbocycles. The summed E-state index contributed by atoms with van der Waals surface area (Å²) in [7, 11) is 1.67. The Bertz CT molecular complexity index is 657. The number of pyridine rings is 1. The highest BCUT2D eigenvalue weighted by Gasteiger charge is 2.15. The Morgan fingerprint density at radius 1 is 1.32 bits per heavy atom. The van der Waals surface area contributed by atoms with Gasteiger partial charge in [0.25, 0.3) is 0 Å². The number of nitrogen functional groups attached to an aromatic ring is 1. The number of hydrogen-bond acceptors (Lipinski definition) is 6. The highest BCUT2D eigenvalue weighted by molar-refractivity contribution is 6.29. The van der Waals surface area contributed by atoms with Crippen LogP contribution >= 0.6 is 11.6 Å². The second-order valence-electron chi connectivity index (χ2n) is 4.97. The zero-order chi connectivity index (χ0) is 16.3. The number of halogens is 1. The summed E-state index contributed by atoms with van der Waals surface area (Å²) in [5, 5.41) is 0.326. The molecular weight excluding hydrogens is 302 g/mol. The number of nitrogens with two attached hydrogens (primary N) is 1. The SMILES string of the molecule is CCN(Cc1ncc(C)c(OC)c1C)c1cc(Cl)nc(N)n1. The number of aromatic nitrogens is 3. The minimum Gasteiger partial charge on any atom is -0.496 e. The summed E-state index contributed by atoms with van der Waals surface area (Å²) in [6.07, 6.45) is 1.82. The lowest BCUT2D eigenvalue weighted by Crippen LogP contribution is -2.25. The number of aryl methyl sites for hydroxylation is 1. The van der Waals surface area contributed by atoms with Crippen LogP contribution < -0.4 is 15.4 Å². The molecule has 2 heterocycles.